The predicted molar refractivity (Wildman–Crippen MR) is 36.5 cm³/mol. The number of hydrogen-bond donors (Lipinski definition) is 0. The van der Waals surface area contributed by atoms with Gasteiger partial charge in [-0.25, -0.2) is 0 Å². The number of aliphatic carboxylic acids is 2. The van der Waals surface area contributed by atoms with Crippen molar-refractivity contribution in [3.63, 3.8) is 0 Å². The van der Waals surface area contributed by atoms with Crippen LogP contribution in [-0.2, 0) is 98.6 Å². The molecule has 0 unspecified atom stereocenters. The fourth-order valence-corrected chi connectivity index (χ4v) is 0. The van der Waals surface area contributed by atoms with Gasteiger partial charge >= 0.3 is 78.6 Å². The maximum atomic E-state index is 9.26. The second-order valence-electron chi connectivity index (χ2n) is 1.63. The van der Waals surface area contributed by atoms with Gasteiger partial charge in [-0.15, -0.1) is 0 Å². The molecule has 17 heavy (non-hydrogen) atoms. The summed E-state index contributed by atoms with van der Waals surface area (Å²) in [6, 6.07) is 0. The third-order valence-electron chi connectivity index (χ3n) is 0.289. The minimum atomic E-state index is -5.17. The molecule has 0 heterocycles. The molecule has 86 valence electrons. The maximum absolute atomic E-state index is 9.26. The third kappa shape index (κ3) is 349. The van der Waals surface area contributed by atoms with Crippen LogP contribution in [0.3, 0.4) is 0 Å². The topological polar surface area (TPSA) is 161 Å². The van der Waals surface area contributed by atoms with Gasteiger partial charge in [0.15, 0.2) is 0 Å². The maximum Gasteiger partial charge on any atom is 4.00 e. The van der Waals surface area contributed by atoms with Crippen molar-refractivity contribution < 1.29 is 116 Å². The summed E-state index contributed by atoms with van der Waals surface area (Å²) in [4.78, 5) is 18.1. The van der Waals surface area contributed by atoms with Gasteiger partial charge in [0.05, 0.1) is 0 Å². The Morgan fingerprint density at radius 3 is 1.06 bits per heavy atom. The molecule has 0 bridgehead atoms. The minimum Gasteiger partial charge on any atom is -0.759 e. The zero-order chi connectivity index (χ0) is 12.4. The van der Waals surface area contributed by atoms with Gasteiger partial charge in [-0.2, -0.15) is 0 Å². The Morgan fingerprint density at radius 2 is 1.06 bits per heavy atom. The Hall–Kier alpha value is 1.46. The van der Waals surface area contributed by atoms with E-state index < -0.39 is 22.3 Å². The Labute approximate surface area is 156 Å². The molecule has 8 nitrogen and oxygen atoms in total. The van der Waals surface area contributed by atoms with Gasteiger partial charge in [-0.05, 0) is 13.3 Å². The van der Waals surface area contributed by atoms with E-state index >= 15 is 0 Å². The van der Waals surface area contributed by atoms with Gasteiger partial charge < -0.3 is 28.9 Å². The van der Waals surface area contributed by atoms with Crippen LogP contribution in [0.4, 0.5) is 0 Å². The van der Waals surface area contributed by atoms with Crippen molar-refractivity contribution in [1.82, 2.24) is 0 Å². The van der Waals surface area contributed by atoms with Crippen LogP contribution in [0, 0.1) is 0 Å². The summed E-state index contributed by atoms with van der Waals surface area (Å²) in [6.07, 6.45) is 0.111. The summed E-state index contributed by atoms with van der Waals surface area (Å²) in [5, 5.41) is 18.1. The molecule has 0 spiro atoms. The number of carbonyl (C=O) groups excluding carboxylic acids is 2. The quantitative estimate of drug-likeness (QED) is 0.265. The summed E-state index contributed by atoms with van der Waals surface area (Å²) in [6.45, 7) is 2.51. The molecule has 0 aromatic heterocycles. The smallest absolute Gasteiger partial charge is 0.759 e. The van der Waals surface area contributed by atoms with Gasteiger partial charge in [0.25, 0.3) is 0 Å². The van der Waals surface area contributed by atoms with Crippen molar-refractivity contribution in [3.05, 3.63) is 0 Å². The molecule has 0 aliphatic carbocycles. The van der Waals surface area contributed by atoms with Crippen LogP contribution in [0.25, 0.3) is 0 Å². The second kappa shape index (κ2) is 22.6. The molecule has 0 amide bonds. The summed E-state index contributed by atoms with van der Waals surface area (Å²) < 4.78 is 34.1. The first kappa shape index (κ1) is 36.2. The monoisotopic (exact) mass is 498 g/mol. The summed E-state index contributed by atoms with van der Waals surface area (Å²) in [7, 11) is -5.17. The molecule has 0 fully saturated rings. The SMILES string of the molecule is CC(=O)[O-].CCC(=O)[O-].O=S(=O)([O-])[O-].[Zr+4].[Zr+4].[Zr+4]. The average molecular weight is 502 g/mol. The standard InChI is InChI=1S/C3H6O2.C2H4O2.H2O4S.3Zr/c1-2-3(4)5;1-2(3)4;1-5(2,3)4;;;/h2H2,1H3,(H,4,5);1H3,(H,3,4);(H2,1,2,3,4);;;/q;;;3*+4/p-4. The largest absolute Gasteiger partial charge is 4.00 e. The molecule has 0 aliphatic rings. The van der Waals surface area contributed by atoms with Gasteiger partial charge in [0.1, 0.15) is 0 Å². The van der Waals surface area contributed by atoms with Crippen LogP contribution in [0.2, 0.25) is 0 Å². The fraction of sp³-hybridized carbons (Fsp3) is 0.600. The van der Waals surface area contributed by atoms with E-state index in [-0.39, 0.29) is 85.0 Å². The van der Waals surface area contributed by atoms with Gasteiger partial charge in [-0.3, -0.25) is 8.42 Å². The zero-order valence-electron chi connectivity index (χ0n) is 8.88. The minimum absolute atomic E-state index is 0. The van der Waals surface area contributed by atoms with Crippen molar-refractivity contribution in [2.24, 2.45) is 0 Å². The second-order valence-corrected chi connectivity index (χ2v) is 2.44. The summed E-state index contributed by atoms with van der Waals surface area (Å²) in [5.74, 6) is -2.08. The van der Waals surface area contributed by atoms with Crippen LogP contribution < -0.4 is 10.2 Å². The molecular formula is C5H8O8SZr3+8. The Bertz CT molecular complexity index is 252. The fourth-order valence-electron chi connectivity index (χ4n) is 0. The van der Waals surface area contributed by atoms with Crippen LogP contribution >= 0.6 is 0 Å². The van der Waals surface area contributed by atoms with Crippen LogP contribution in [0.5, 0.6) is 0 Å². The first-order valence-electron chi connectivity index (χ1n) is 3.04. The number of rotatable bonds is 1. The van der Waals surface area contributed by atoms with E-state index in [9.17, 15) is 9.90 Å². The number of carbonyl (C=O) groups is 2. The van der Waals surface area contributed by atoms with Crippen molar-refractivity contribution >= 4 is 22.3 Å². The summed E-state index contributed by atoms with van der Waals surface area (Å²) in [5.41, 5.74) is 0. The Morgan fingerprint density at radius 1 is 1.00 bits per heavy atom. The normalized spacial score (nSPS) is 7.06. The van der Waals surface area contributed by atoms with E-state index in [2.05, 4.69) is 0 Å². The molecule has 0 saturated carbocycles. The van der Waals surface area contributed by atoms with Crippen molar-refractivity contribution in [2.45, 2.75) is 20.3 Å². The van der Waals surface area contributed by atoms with E-state index in [0.29, 0.717) is 0 Å². The van der Waals surface area contributed by atoms with E-state index in [1.165, 1.54) is 6.92 Å². The van der Waals surface area contributed by atoms with Crippen LogP contribution in [0.1, 0.15) is 20.3 Å². The van der Waals surface area contributed by atoms with E-state index in [0.717, 1.165) is 6.92 Å². The molecule has 0 aromatic rings. The average Bonchev–Trinajstić information content (AvgIpc) is 1.82. The molecule has 0 aliphatic heterocycles. The van der Waals surface area contributed by atoms with Gasteiger partial charge in [0.2, 0.25) is 0 Å². The first-order valence-corrected chi connectivity index (χ1v) is 4.38. The Balaban J connectivity index is -0.0000000247. The summed E-state index contributed by atoms with van der Waals surface area (Å²) >= 11 is 0. The predicted octanol–water partition coefficient (Wildman–Crippen LogP) is -3.44. The molecule has 0 radical (unpaired) electrons. The molecule has 0 rings (SSSR count). The Kier molecular flexibility index (Phi) is 48.2. The number of carboxylic acid groups (broad SMARTS) is 2. The van der Waals surface area contributed by atoms with Crippen molar-refractivity contribution in [3.8, 4) is 0 Å². The molecule has 0 saturated heterocycles. The van der Waals surface area contributed by atoms with Gasteiger partial charge in [-0.1, -0.05) is 6.92 Å². The molecular weight excluding hydrogens is 494 g/mol. The van der Waals surface area contributed by atoms with Crippen molar-refractivity contribution in [1.29, 1.82) is 0 Å². The third-order valence-corrected chi connectivity index (χ3v) is 0.289. The number of hydrogen-bond acceptors (Lipinski definition) is 8. The van der Waals surface area contributed by atoms with Gasteiger partial charge in [0, 0.05) is 22.3 Å². The first-order chi connectivity index (χ1) is 6.00. The van der Waals surface area contributed by atoms with Crippen LogP contribution in [0.15, 0.2) is 0 Å². The molecule has 0 aromatic carbocycles. The zero-order valence-corrected chi connectivity index (χ0v) is 17.1. The van der Waals surface area contributed by atoms with E-state index in [1.807, 2.05) is 0 Å². The van der Waals surface area contributed by atoms with Crippen molar-refractivity contribution in [2.75, 3.05) is 0 Å². The van der Waals surface area contributed by atoms with E-state index in [4.69, 9.17) is 27.4 Å². The molecule has 0 N–H and O–H groups in total. The number of carboxylic acids is 2. The molecule has 12 heteroatoms. The van der Waals surface area contributed by atoms with E-state index in [1.54, 1.807) is 0 Å². The molecule has 0 atom stereocenters. The van der Waals surface area contributed by atoms with Crippen LogP contribution in [-0.4, -0.2) is 29.5 Å².